The molecule has 0 aliphatic rings. The first kappa shape index (κ1) is 14.3. The molecule has 1 heterocycles. The summed E-state index contributed by atoms with van der Waals surface area (Å²) in [5.41, 5.74) is 2.96. The smallest absolute Gasteiger partial charge is 0.163 e. The molecule has 1 N–H and O–H groups in total. The first-order valence-electron chi connectivity index (χ1n) is 6.07. The van der Waals surface area contributed by atoms with Gasteiger partial charge in [-0.25, -0.2) is 9.97 Å². The Kier molecular flexibility index (Phi) is 4.42. The van der Waals surface area contributed by atoms with Crippen LogP contribution in [0.2, 0.25) is 5.02 Å². The minimum atomic E-state index is 0.639. The molecule has 2 aromatic rings. The van der Waals surface area contributed by atoms with Gasteiger partial charge < -0.3 is 5.32 Å². The Balaban J connectivity index is 2.60. The number of nitrogens with one attached hydrogen (secondary N) is 1. The molecular weight excluding hydrogens is 326 g/mol. The van der Waals surface area contributed by atoms with Gasteiger partial charge in [0.1, 0.15) is 5.82 Å². The molecule has 5 heteroatoms. The number of hydrogen-bond donors (Lipinski definition) is 1. The first-order valence-corrected chi connectivity index (χ1v) is 7.24. The monoisotopic (exact) mass is 339 g/mol. The SMILES string of the molecule is CCc1c(C)nc(-c2ccc(Br)cc2Cl)nc1NC. The van der Waals surface area contributed by atoms with Gasteiger partial charge in [-0.1, -0.05) is 34.5 Å². The van der Waals surface area contributed by atoms with E-state index in [4.69, 9.17) is 11.6 Å². The Morgan fingerprint density at radius 2 is 2.05 bits per heavy atom. The van der Waals surface area contributed by atoms with Crippen LogP contribution >= 0.6 is 27.5 Å². The van der Waals surface area contributed by atoms with Gasteiger partial charge in [0.05, 0.1) is 5.02 Å². The Hall–Kier alpha value is -1.13. The van der Waals surface area contributed by atoms with Crippen molar-refractivity contribution in [2.45, 2.75) is 20.3 Å². The third-order valence-electron chi connectivity index (χ3n) is 2.98. The highest BCUT2D eigenvalue weighted by molar-refractivity contribution is 9.10. The van der Waals surface area contributed by atoms with Crippen LogP contribution < -0.4 is 5.32 Å². The second-order valence-electron chi connectivity index (χ2n) is 4.19. The van der Waals surface area contributed by atoms with Gasteiger partial charge in [0.15, 0.2) is 5.82 Å². The Bertz CT molecular complexity index is 614. The summed E-state index contributed by atoms with van der Waals surface area (Å²) in [5, 5.41) is 3.76. The van der Waals surface area contributed by atoms with Gasteiger partial charge in [-0.15, -0.1) is 0 Å². The zero-order valence-electron chi connectivity index (χ0n) is 11.1. The van der Waals surface area contributed by atoms with E-state index in [2.05, 4.69) is 38.1 Å². The van der Waals surface area contributed by atoms with E-state index in [9.17, 15) is 0 Å². The normalized spacial score (nSPS) is 10.6. The highest BCUT2D eigenvalue weighted by Gasteiger charge is 2.12. The summed E-state index contributed by atoms with van der Waals surface area (Å²) < 4.78 is 0.942. The minimum Gasteiger partial charge on any atom is -0.373 e. The Morgan fingerprint density at radius 3 is 2.63 bits per heavy atom. The molecule has 19 heavy (non-hydrogen) atoms. The molecule has 0 radical (unpaired) electrons. The molecule has 0 aliphatic carbocycles. The molecule has 0 saturated heterocycles. The number of rotatable bonds is 3. The summed E-state index contributed by atoms with van der Waals surface area (Å²) in [6.07, 6.45) is 0.899. The molecule has 0 unspecified atom stereocenters. The van der Waals surface area contributed by atoms with Gasteiger partial charge in [-0.3, -0.25) is 0 Å². The van der Waals surface area contributed by atoms with Crippen molar-refractivity contribution in [3.8, 4) is 11.4 Å². The molecule has 0 fully saturated rings. The molecule has 0 amide bonds. The van der Waals surface area contributed by atoms with Crippen molar-refractivity contribution in [1.29, 1.82) is 0 Å². The van der Waals surface area contributed by atoms with Crippen molar-refractivity contribution in [3.05, 3.63) is 39.0 Å². The lowest BCUT2D eigenvalue weighted by molar-refractivity contribution is 1.00. The fourth-order valence-corrected chi connectivity index (χ4v) is 2.78. The van der Waals surface area contributed by atoms with Gasteiger partial charge in [0.2, 0.25) is 0 Å². The van der Waals surface area contributed by atoms with Crippen LogP contribution in [-0.2, 0) is 6.42 Å². The van der Waals surface area contributed by atoms with E-state index in [1.165, 1.54) is 0 Å². The predicted octanol–water partition coefficient (Wildman–Crippen LogP) is 4.47. The Morgan fingerprint density at radius 1 is 1.32 bits per heavy atom. The molecule has 1 aromatic carbocycles. The quantitative estimate of drug-likeness (QED) is 0.895. The highest BCUT2D eigenvalue weighted by atomic mass is 79.9. The maximum Gasteiger partial charge on any atom is 0.163 e. The van der Waals surface area contributed by atoms with Crippen LogP contribution in [0, 0.1) is 6.92 Å². The van der Waals surface area contributed by atoms with Crippen LogP contribution in [0.1, 0.15) is 18.2 Å². The van der Waals surface area contributed by atoms with Crippen molar-refractivity contribution in [2.24, 2.45) is 0 Å². The molecule has 100 valence electrons. The average Bonchev–Trinajstić information content (AvgIpc) is 2.37. The standard InChI is InChI=1S/C14H15BrClN3/c1-4-10-8(2)18-14(19-13(10)17-3)11-6-5-9(15)7-12(11)16/h5-7H,4H2,1-3H3,(H,17,18,19). The number of aromatic nitrogens is 2. The summed E-state index contributed by atoms with van der Waals surface area (Å²) in [6.45, 7) is 4.09. The van der Waals surface area contributed by atoms with Crippen molar-refractivity contribution in [3.63, 3.8) is 0 Å². The van der Waals surface area contributed by atoms with Gasteiger partial charge in [-0.05, 0) is 31.5 Å². The third-order valence-corrected chi connectivity index (χ3v) is 3.78. The number of benzene rings is 1. The summed E-state index contributed by atoms with van der Waals surface area (Å²) in [6, 6.07) is 5.71. The topological polar surface area (TPSA) is 37.8 Å². The van der Waals surface area contributed by atoms with Gasteiger partial charge in [0, 0.05) is 28.3 Å². The number of nitrogens with zero attached hydrogens (tertiary/aromatic N) is 2. The zero-order chi connectivity index (χ0) is 14.0. The predicted molar refractivity (Wildman–Crippen MR) is 83.8 cm³/mol. The second-order valence-corrected chi connectivity index (χ2v) is 5.51. The molecule has 3 nitrogen and oxygen atoms in total. The number of halogens is 2. The first-order chi connectivity index (χ1) is 9.06. The molecule has 0 atom stereocenters. The zero-order valence-corrected chi connectivity index (χ0v) is 13.4. The van der Waals surface area contributed by atoms with E-state index in [1.54, 1.807) is 0 Å². The van der Waals surface area contributed by atoms with Gasteiger partial charge >= 0.3 is 0 Å². The van der Waals surface area contributed by atoms with Gasteiger partial charge in [0.25, 0.3) is 0 Å². The average molecular weight is 341 g/mol. The van der Waals surface area contributed by atoms with Crippen molar-refractivity contribution in [2.75, 3.05) is 12.4 Å². The molecule has 0 aliphatic heterocycles. The van der Waals surface area contributed by atoms with Crippen molar-refractivity contribution in [1.82, 2.24) is 9.97 Å². The molecular formula is C14H15BrClN3. The lowest BCUT2D eigenvalue weighted by atomic mass is 10.1. The molecule has 2 rings (SSSR count). The van der Waals surface area contributed by atoms with Crippen LogP contribution in [0.3, 0.4) is 0 Å². The number of aryl methyl sites for hydroxylation is 1. The Labute approximate surface area is 126 Å². The van der Waals surface area contributed by atoms with Crippen LogP contribution in [0.25, 0.3) is 11.4 Å². The minimum absolute atomic E-state index is 0.639. The van der Waals surface area contributed by atoms with Crippen molar-refractivity contribution < 1.29 is 0 Å². The summed E-state index contributed by atoms with van der Waals surface area (Å²) >= 11 is 9.65. The fraction of sp³-hybridized carbons (Fsp3) is 0.286. The lowest BCUT2D eigenvalue weighted by Crippen LogP contribution is -2.05. The summed E-state index contributed by atoms with van der Waals surface area (Å²) in [4.78, 5) is 9.12. The largest absolute Gasteiger partial charge is 0.373 e. The molecule has 0 bridgehead atoms. The van der Waals surface area contributed by atoms with Crippen LogP contribution in [-0.4, -0.2) is 17.0 Å². The fourth-order valence-electron chi connectivity index (χ4n) is 2.02. The molecule has 1 aromatic heterocycles. The third kappa shape index (κ3) is 2.90. The van der Waals surface area contributed by atoms with Crippen LogP contribution in [0.15, 0.2) is 22.7 Å². The molecule has 0 spiro atoms. The highest BCUT2D eigenvalue weighted by Crippen LogP contribution is 2.30. The summed E-state index contributed by atoms with van der Waals surface area (Å²) in [5.74, 6) is 1.51. The number of hydrogen-bond acceptors (Lipinski definition) is 3. The molecule has 0 saturated carbocycles. The lowest BCUT2D eigenvalue weighted by Gasteiger charge is -2.12. The van der Waals surface area contributed by atoms with E-state index in [0.29, 0.717) is 10.8 Å². The van der Waals surface area contributed by atoms with E-state index >= 15 is 0 Å². The van der Waals surface area contributed by atoms with E-state index in [-0.39, 0.29) is 0 Å². The maximum absolute atomic E-state index is 6.26. The number of anilines is 1. The van der Waals surface area contributed by atoms with E-state index in [0.717, 1.165) is 33.5 Å². The van der Waals surface area contributed by atoms with Crippen LogP contribution in [0.4, 0.5) is 5.82 Å². The summed E-state index contributed by atoms with van der Waals surface area (Å²) in [7, 11) is 1.87. The van der Waals surface area contributed by atoms with E-state index < -0.39 is 0 Å². The van der Waals surface area contributed by atoms with Crippen molar-refractivity contribution >= 4 is 33.3 Å². The van der Waals surface area contributed by atoms with E-state index in [1.807, 2.05) is 32.2 Å². The van der Waals surface area contributed by atoms with Crippen LogP contribution in [0.5, 0.6) is 0 Å². The van der Waals surface area contributed by atoms with Gasteiger partial charge in [-0.2, -0.15) is 0 Å². The maximum atomic E-state index is 6.26. The second kappa shape index (κ2) is 5.88.